The first kappa shape index (κ1) is 12.6. The fourth-order valence-corrected chi connectivity index (χ4v) is 1.61. The summed E-state index contributed by atoms with van der Waals surface area (Å²) in [5.74, 6) is 1.14. The smallest absolute Gasteiger partial charge is 0.226 e. The summed E-state index contributed by atoms with van der Waals surface area (Å²) in [6.45, 7) is 3.69. The Bertz CT molecular complexity index is 517. The molecule has 0 unspecified atom stereocenters. The molecule has 0 amide bonds. The molecule has 1 heterocycles. The van der Waals surface area contributed by atoms with Gasteiger partial charge in [-0.25, -0.2) is 4.98 Å². The summed E-state index contributed by atoms with van der Waals surface area (Å²) in [4.78, 5) is 8.68. The van der Waals surface area contributed by atoms with E-state index in [0.29, 0.717) is 31.6 Å². The van der Waals surface area contributed by atoms with Crippen molar-refractivity contribution in [1.82, 2.24) is 9.97 Å². The van der Waals surface area contributed by atoms with Gasteiger partial charge in [0.1, 0.15) is 6.61 Å². The van der Waals surface area contributed by atoms with Crippen LogP contribution in [0.15, 0.2) is 24.3 Å². The zero-order valence-electron chi connectivity index (χ0n) is 10.6. The van der Waals surface area contributed by atoms with Gasteiger partial charge in [-0.2, -0.15) is 4.98 Å². The number of aromatic nitrogens is 2. The lowest BCUT2D eigenvalue weighted by atomic mass is 10.2. The number of fused-ring (bicyclic) bond motifs is 1. The van der Waals surface area contributed by atoms with Crippen LogP contribution in [0, 0.1) is 0 Å². The van der Waals surface area contributed by atoms with Crippen molar-refractivity contribution >= 4 is 16.9 Å². The largest absolute Gasteiger partial charge is 0.475 e. The van der Waals surface area contributed by atoms with Gasteiger partial charge in [-0.15, -0.1) is 0 Å². The lowest BCUT2D eigenvalue weighted by molar-refractivity contribution is 0.109. The van der Waals surface area contributed by atoms with Gasteiger partial charge >= 0.3 is 0 Å². The van der Waals surface area contributed by atoms with Gasteiger partial charge in [-0.05, 0) is 19.1 Å². The minimum atomic E-state index is 0.484. The van der Waals surface area contributed by atoms with E-state index in [0.717, 1.165) is 10.9 Å². The topological polar surface area (TPSA) is 56.3 Å². The summed E-state index contributed by atoms with van der Waals surface area (Å²) >= 11 is 0. The Hall–Kier alpha value is -1.88. The molecule has 0 atom stereocenters. The van der Waals surface area contributed by atoms with Crippen molar-refractivity contribution in [2.75, 3.05) is 32.2 Å². The number of hydrogen-bond acceptors (Lipinski definition) is 5. The molecular weight excluding hydrogens is 230 g/mol. The van der Waals surface area contributed by atoms with Gasteiger partial charge < -0.3 is 14.8 Å². The molecule has 1 aromatic carbocycles. The van der Waals surface area contributed by atoms with E-state index in [2.05, 4.69) is 15.3 Å². The highest BCUT2D eigenvalue weighted by Crippen LogP contribution is 2.23. The lowest BCUT2D eigenvalue weighted by Crippen LogP contribution is -2.08. The molecule has 0 aliphatic heterocycles. The maximum absolute atomic E-state index is 5.65. The molecule has 1 aromatic heterocycles. The fraction of sp³-hybridized carbons (Fsp3) is 0.385. The zero-order chi connectivity index (χ0) is 12.8. The number of para-hydroxylation sites is 1. The van der Waals surface area contributed by atoms with Crippen molar-refractivity contribution in [2.45, 2.75) is 6.92 Å². The number of nitrogens with zero attached hydrogens (tertiary/aromatic N) is 2. The second-order valence-corrected chi connectivity index (χ2v) is 3.66. The Labute approximate surface area is 106 Å². The first-order valence-electron chi connectivity index (χ1n) is 6.00. The third-order valence-corrected chi connectivity index (χ3v) is 2.46. The van der Waals surface area contributed by atoms with E-state index in [9.17, 15) is 0 Å². The van der Waals surface area contributed by atoms with E-state index in [-0.39, 0.29) is 0 Å². The molecule has 5 heteroatoms. The Morgan fingerprint density at radius 2 is 2.00 bits per heavy atom. The van der Waals surface area contributed by atoms with Gasteiger partial charge in [0.2, 0.25) is 11.8 Å². The van der Waals surface area contributed by atoms with Gasteiger partial charge in [-0.1, -0.05) is 12.1 Å². The Kier molecular flexibility index (Phi) is 4.30. The number of nitrogens with one attached hydrogen (secondary N) is 1. The van der Waals surface area contributed by atoms with Crippen LogP contribution in [0.25, 0.3) is 10.9 Å². The molecule has 5 nitrogen and oxygen atoms in total. The van der Waals surface area contributed by atoms with Crippen LogP contribution in [0.1, 0.15) is 6.92 Å². The molecule has 18 heavy (non-hydrogen) atoms. The highest BCUT2D eigenvalue weighted by Gasteiger charge is 2.07. The van der Waals surface area contributed by atoms with Crippen LogP contribution >= 0.6 is 0 Å². The van der Waals surface area contributed by atoms with Crippen molar-refractivity contribution < 1.29 is 9.47 Å². The van der Waals surface area contributed by atoms with E-state index in [1.165, 1.54) is 0 Å². The first-order chi connectivity index (χ1) is 8.85. The summed E-state index contributed by atoms with van der Waals surface area (Å²) in [7, 11) is 1.79. The molecule has 0 aliphatic rings. The van der Waals surface area contributed by atoms with Crippen molar-refractivity contribution in [2.24, 2.45) is 0 Å². The summed E-state index contributed by atoms with van der Waals surface area (Å²) in [6.07, 6.45) is 0. The van der Waals surface area contributed by atoms with Crippen LogP contribution in [0.5, 0.6) is 5.88 Å². The standard InChI is InChI=1S/C13H17N3O2/c1-3-17-8-9-18-12-10-6-4-5-7-11(10)15-13(14-2)16-12/h4-7H,3,8-9H2,1-2H3,(H,14,15,16). The van der Waals surface area contributed by atoms with Crippen molar-refractivity contribution in [1.29, 1.82) is 0 Å². The molecule has 96 valence electrons. The second-order valence-electron chi connectivity index (χ2n) is 3.66. The molecule has 0 spiro atoms. The Morgan fingerprint density at radius 3 is 2.78 bits per heavy atom. The lowest BCUT2D eigenvalue weighted by Gasteiger charge is -2.09. The summed E-state index contributed by atoms with van der Waals surface area (Å²) in [5, 5.41) is 3.84. The molecule has 2 rings (SSSR count). The van der Waals surface area contributed by atoms with Crippen LogP contribution in [0.2, 0.25) is 0 Å². The van der Waals surface area contributed by atoms with E-state index >= 15 is 0 Å². The second kappa shape index (κ2) is 6.16. The van der Waals surface area contributed by atoms with E-state index in [1.54, 1.807) is 7.05 Å². The predicted molar refractivity (Wildman–Crippen MR) is 71.1 cm³/mol. The maximum Gasteiger partial charge on any atom is 0.226 e. The molecule has 0 fully saturated rings. The molecule has 0 aliphatic carbocycles. The number of anilines is 1. The average Bonchev–Trinajstić information content (AvgIpc) is 2.43. The van der Waals surface area contributed by atoms with Crippen LogP contribution < -0.4 is 10.1 Å². The molecule has 0 saturated carbocycles. The monoisotopic (exact) mass is 247 g/mol. The zero-order valence-corrected chi connectivity index (χ0v) is 10.6. The van der Waals surface area contributed by atoms with Crippen molar-refractivity contribution in [3.05, 3.63) is 24.3 Å². The normalized spacial score (nSPS) is 10.6. The molecular formula is C13H17N3O2. The molecule has 1 N–H and O–H groups in total. The third-order valence-electron chi connectivity index (χ3n) is 2.46. The third kappa shape index (κ3) is 2.87. The predicted octanol–water partition coefficient (Wildman–Crippen LogP) is 2.09. The van der Waals surface area contributed by atoms with Crippen molar-refractivity contribution in [3.8, 4) is 5.88 Å². The van der Waals surface area contributed by atoms with Crippen molar-refractivity contribution in [3.63, 3.8) is 0 Å². The van der Waals surface area contributed by atoms with Gasteiger partial charge in [0, 0.05) is 13.7 Å². The quantitative estimate of drug-likeness (QED) is 0.792. The highest BCUT2D eigenvalue weighted by molar-refractivity contribution is 5.84. The number of hydrogen-bond donors (Lipinski definition) is 1. The molecule has 0 saturated heterocycles. The first-order valence-corrected chi connectivity index (χ1v) is 6.00. The SMILES string of the molecule is CCOCCOc1nc(NC)nc2ccccc12. The summed E-state index contributed by atoms with van der Waals surface area (Å²) < 4.78 is 10.9. The fourth-order valence-electron chi connectivity index (χ4n) is 1.61. The molecule has 0 bridgehead atoms. The average molecular weight is 247 g/mol. The molecule has 2 aromatic rings. The highest BCUT2D eigenvalue weighted by atomic mass is 16.5. The number of ether oxygens (including phenoxy) is 2. The minimum absolute atomic E-state index is 0.484. The van der Waals surface area contributed by atoms with Crippen LogP contribution in [-0.2, 0) is 4.74 Å². The number of benzene rings is 1. The van der Waals surface area contributed by atoms with Gasteiger partial charge in [-0.3, -0.25) is 0 Å². The van der Waals surface area contributed by atoms with E-state index < -0.39 is 0 Å². The summed E-state index contributed by atoms with van der Waals surface area (Å²) in [5.41, 5.74) is 0.864. The van der Waals surface area contributed by atoms with Gasteiger partial charge in [0.15, 0.2) is 0 Å². The van der Waals surface area contributed by atoms with Gasteiger partial charge in [0.05, 0.1) is 17.5 Å². The van der Waals surface area contributed by atoms with Crippen LogP contribution in [-0.4, -0.2) is 36.8 Å². The van der Waals surface area contributed by atoms with E-state index in [4.69, 9.17) is 9.47 Å². The minimum Gasteiger partial charge on any atom is -0.475 e. The van der Waals surface area contributed by atoms with Gasteiger partial charge in [0.25, 0.3) is 0 Å². The van der Waals surface area contributed by atoms with Crippen LogP contribution in [0.3, 0.4) is 0 Å². The Balaban J connectivity index is 2.23. The Morgan fingerprint density at radius 1 is 1.17 bits per heavy atom. The van der Waals surface area contributed by atoms with E-state index in [1.807, 2.05) is 31.2 Å². The maximum atomic E-state index is 5.65. The summed E-state index contributed by atoms with van der Waals surface area (Å²) in [6, 6.07) is 7.77. The molecule has 0 radical (unpaired) electrons. The van der Waals surface area contributed by atoms with Crippen LogP contribution in [0.4, 0.5) is 5.95 Å². The number of rotatable bonds is 6.